The lowest BCUT2D eigenvalue weighted by Gasteiger charge is -2.33. The van der Waals surface area contributed by atoms with Crippen LogP contribution in [0.5, 0.6) is 0 Å². The van der Waals surface area contributed by atoms with E-state index in [1.165, 1.54) is 0 Å². The molecule has 0 bridgehead atoms. The molecule has 1 heterocycles. The van der Waals surface area contributed by atoms with Crippen molar-refractivity contribution >= 4 is 5.97 Å². The average molecular weight is 301 g/mol. The van der Waals surface area contributed by atoms with Crippen LogP contribution in [0.4, 0.5) is 0 Å². The van der Waals surface area contributed by atoms with Crippen molar-refractivity contribution in [3.05, 3.63) is 0 Å². The molecule has 0 radical (unpaired) electrons. The first-order chi connectivity index (χ1) is 9.91. The van der Waals surface area contributed by atoms with Gasteiger partial charge in [0.2, 0.25) is 0 Å². The summed E-state index contributed by atoms with van der Waals surface area (Å²) < 4.78 is 16.8. The number of nitrogens with one attached hydrogen (secondary N) is 1. The minimum absolute atomic E-state index is 0.204. The molecule has 0 saturated carbocycles. The van der Waals surface area contributed by atoms with Gasteiger partial charge >= 0.3 is 5.97 Å². The van der Waals surface area contributed by atoms with Gasteiger partial charge in [-0.1, -0.05) is 6.92 Å². The quantitative estimate of drug-likeness (QED) is 0.697. The number of ether oxygens (including phenoxy) is 3. The van der Waals surface area contributed by atoms with Gasteiger partial charge in [-0.15, -0.1) is 0 Å². The Labute approximate surface area is 128 Å². The molecular formula is C16H31NO4. The van der Waals surface area contributed by atoms with Crippen molar-refractivity contribution in [2.75, 3.05) is 19.8 Å². The van der Waals surface area contributed by atoms with E-state index in [4.69, 9.17) is 14.2 Å². The maximum atomic E-state index is 12.1. The molecule has 1 fully saturated rings. The number of rotatable bonds is 8. The topological polar surface area (TPSA) is 56.8 Å². The van der Waals surface area contributed by atoms with Gasteiger partial charge in [0.05, 0.1) is 24.9 Å². The molecule has 5 heteroatoms. The normalized spacial score (nSPS) is 28.9. The SMILES string of the molecule is CCNC(C)(CCOC1CC(C)OC(C)C1)C(=O)OCC. The molecule has 3 unspecified atom stereocenters. The summed E-state index contributed by atoms with van der Waals surface area (Å²) in [7, 11) is 0. The molecule has 0 amide bonds. The van der Waals surface area contributed by atoms with Crippen molar-refractivity contribution in [1.29, 1.82) is 0 Å². The number of esters is 1. The number of carbonyl (C=O) groups excluding carboxylic acids is 1. The lowest BCUT2D eigenvalue weighted by molar-refractivity contribution is -0.152. The van der Waals surface area contributed by atoms with Gasteiger partial charge in [0, 0.05) is 6.61 Å². The lowest BCUT2D eigenvalue weighted by Crippen LogP contribution is -2.51. The van der Waals surface area contributed by atoms with Crippen molar-refractivity contribution in [2.45, 2.75) is 77.7 Å². The van der Waals surface area contributed by atoms with Gasteiger partial charge in [-0.25, -0.2) is 0 Å². The molecule has 124 valence electrons. The van der Waals surface area contributed by atoms with Gasteiger partial charge in [-0.2, -0.15) is 0 Å². The Hall–Kier alpha value is -0.650. The highest BCUT2D eigenvalue weighted by atomic mass is 16.5. The molecule has 0 aromatic carbocycles. The molecule has 5 nitrogen and oxygen atoms in total. The van der Waals surface area contributed by atoms with Gasteiger partial charge in [0.15, 0.2) is 0 Å². The van der Waals surface area contributed by atoms with Crippen LogP contribution < -0.4 is 5.32 Å². The first-order valence-corrected chi connectivity index (χ1v) is 8.10. The van der Waals surface area contributed by atoms with Crippen LogP contribution in [0.1, 0.15) is 53.9 Å². The van der Waals surface area contributed by atoms with Crippen LogP contribution in [0.25, 0.3) is 0 Å². The molecule has 1 aliphatic heterocycles. The van der Waals surface area contributed by atoms with Crippen molar-refractivity contribution in [3.63, 3.8) is 0 Å². The van der Waals surface area contributed by atoms with Crippen molar-refractivity contribution < 1.29 is 19.0 Å². The zero-order valence-electron chi connectivity index (χ0n) is 14.1. The van der Waals surface area contributed by atoms with Crippen LogP contribution in [0, 0.1) is 0 Å². The van der Waals surface area contributed by atoms with E-state index in [-0.39, 0.29) is 24.3 Å². The van der Waals surface area contributed by atoms with E-state index in [1.807, 2.05) is 20.8 Å². The maximum absolute atomic E-state index is 12.1. The summed E-state index contributed by atoms with van der Waals surface area (Å²) in [6.07, 6.45) is 3.15. The molecule has 1 aliphatic rings. The predicted molar refractivity (Wildman–Crippen MR) is 82.3 cm³/mol. The van der Waals surface area contributed by atoms with E-state index in [0.717, 1.165) is 19.4 Å². The summed E-state index contributed by atoms with van der Waals surface area (Å²) >= 11 is 0. The molecule has 0 aromatic heterocycles. The summed E-state index contributed by atoms with van der Waals surface area (Å²) in [6.45, 7) is 11.5. The Bertz CT molecular complexity index is 313. The third kappa shape index (κ3) is 5.93. The lowest BCUT2D eigenvalue weighted by atomic mass is 9.98. The van der Waals surface area contributed by atoms with Gasteiger partial charge in [-0.3, -0.25) is 4.79 Å². The number of likely N-dealkylation sites (N-methyl/N-ethyl adjacent to an activating group) is 1. The summed E-state index contributed by atoms with van der Waals surface area (Å²) in [5.74, 6) is -0.204. The largest absolute Gasteiger partial charge is 0.465 e. The van der Waals surface area contributed by atoms with Gasteiger partial charge < -0.3 is 19.5 Å². The van der Waals surface area contributed by atoms with Crippen molar-refractivity contribution in [2.24, 2.45) is 0 Å². The Morgan fingerprint density at radius 1 is 1.29 bits per heavy atom. The van der Waals surface area contributed by atoms with Crippen LogP contribution in [-0.2, 0) is 19.0 Å². The van der Waals surface area contributed by atoms with E-state index < -0.39 is 5.54 Å². The Kier molecular flexibility index (Phi) is 7.63. The minimum Gasteiger partial charge on any atom is -0.465 e. The van der Waals surface area contributed by atoms with Crippen LogP contribution in [0.2, 0.25) is 0 Å². The second-order valence-electron chi connectivity index (χ2n) is 6.05. The Morgan fingerprint density at radius 2 is 1.90 bits per heavy atom. The first-order valence-electron chi connectivity index (χ1n) is 8.10. The molecule has 3 atom stereocenters. The van der Waals surface area contributed by atoms with Gasteiger partial charge in [-0.05, 0) is 53.5 Å². The summed E-state index contributed by atoms with van der Waals surface area (Å²) in [6, 6.07) is 0. The number of hydrogen-bond acceptors (Lipinski definition) is 5. The van der Waals surface area contributed by atoms with E-state index in [1.54, 1.807) is 0 Å². The molecule has 1 rings (SSSR count). The molecule has 21 heavy (non-hydrogen) atoms. The fourth-order valence-electron chi connectivity index (χ4n) is 2.85. The zero-order chi connectivity index (χ0) is 15.9. The smallest absolute Gasteiger partial charge is 0.326 e. The second kappa shape index (κ2) is 8.71. The highest BCUT2D eigenvalue weighted by Gasteiger charge is 2.34. The Morgan fingerprint density at radius 3 is 2.43 bits per heavy atom. The zero-order valence-corrected chi connectivity index (χ0v) is 14.1. The summed E-state index contributed by atoms with van der Waals surface area (Å²) in [5.41, 5.74) is -0.673. The summed E-state index contributed by atoms with van der Waals surface area (Å²) in [5, 5.41) is 3.22. The van der Waals surface area contributed by atoms with Crippen LogP contribution >= 0.6 is 0 Å². The third-order valence-corrected chi connectivity index (χ3v) is 3.90. The van der Waals surface area contributed by atoms with Crippen molar-refractivity contribution in [1.82, 2.24) is 5.32 Å². The molecule has 0 aromatic rings. The Balaban J connectivity index is 2.44. The molecule has 0 spiro atoms. The highest BCUT2D eigenvalue weighted by molar-refractivity contribution is 5.80. The fourth-order valence-corrected chi connectivity index (χ4v) is 2.85. The molecule has 1 saturated heterocycles. The molecule has 1 N–H and O–H groups in total. The standard InChI is InChI=1S/C16H31NO4/c1-6-17-16(5,15(18)19-7-2)8-9-20-14-10-12(3)21-13(4)11-14/h12-14,17H,6-11H2,1-5H3. The predicted octanol–water partition coefficient (Wildman–Crippen LogP) is 2.28. The highest BCUT2D eigenvalue weighted by Crippen LogP contribution is 2.22. The van der Waals surface area contributed by atoms with Gasteiger partial charge in [0.1, 0.15) is 5.54 Å². The number of hydrogen-bond donors (Lipinski definition) is 1. The third-order valence-electron chi connectivity index (χ3n) is 3.90. The van der Waals surface area contributed by atoms with Crippen molar-refractivity contribution in [3.8, 4) is 0 Å². The van der Waals surface area contributed by atoms with Crippen LogP contribution in [0.15, 0.2) is 0 Å². The molecular weight excluding hydrogens is 270 g/mol. The number of carbonyl (C=O) groups is 1. The maximum Gasteiger partial charge on any atom is 0.326 e. The van der Waals surface area contributed by atoms with Gasteiger partial charge in [0.25, 0.3) is 0 Å². The minimum atomic E-state index is -0.673. The van der Waals surface area contributed by atoms with Crippen LogP contribution in [0.3, 0.4) is 0 Å². The first kappa shape index (κ1) is 18.4. The second-order valence-corrected chi connectivity index (χ2v) is 6.05. The fraction of sp³-hybridized carbons (Fsp3) is 0.938. The summed E-state index contributed by atoms with van der Waals surface area (Å²) in [4.78, 5) is 12.1. The average Bonchev–Trinajstić information content (AvgIpc) is 2.38. The van der Waals surface area contributed by atoms with E-state index >= 15 is 0 Å². The molecule has 0 aliphatic carbocycles. The van der Waals surface area contributed by atoms with E-state index in [9.17, 15) is 4.79 Å². The van der Waals surface area contributed by atoms with Crippen LogP contribution in [-0.4, -0.2) is 49.6 Å². The van der Waals surface area contributed by atoms with E-state index in [0.29, 0.717) is 19.6 Å². The monoisotopic (exact) mass is 301 g/mol. The van der Waals surface area contributed by atoms with E-state index in [2.05, 4.69) is 19.2 Å².